The highest BCUT2D eigenvalue weighted by molar-refractivity contribution is 5.69. The van der Waals surface area contributed by atoms with Crippen LogP contribution in [-0.2, 0) is 4.74 Å². The van der Waals surface area contributed by atoms with Gasteiger partial charge in [-0.3, -0.25) is 4.90 Å². The first-order chi connectivity index (χ1) is 7.37. The summed E-state index contributed by atoms with van der Waals surface area (Å²) in [7, 11) is 2.12. The molecule has 0 aromatic rings. The van der Waals surface area contributed by atoms with Gasteiger partial charge in [0.1, 0.15) is 5.60 Å². The summed E-state index contributed by atoms with van der Waals surface area (Å²) in [6, 6.07) is 0.720. The summed E-state index contributed by atoms with van der Waals surface area (Å²) in [4.78, 5) is 16.3. The summed E-state index contributed by atoms with van der Waals surface area (Å²) in [6.07, 6.45) is 2.11. The number of likely N-dealkylation sites (N-methyl/N-ethyl adjacent to an activating group) is 1. The molecule has 2 fully saturated rings. The Balaban J connectivity index is 2.03. The number of carbonyl (C=O) groups excluding carboxylic acids is 1. The zero-order valence-electron chi connectivity index (χ0n) is 10.7. The predicted molar refractivity (Wildman–Crippen MR) is 62.4 cm³/mol. The third-order valence-electron chi connectivity index (χ3n) is 3.27. The molecule has 1 amide bonds. The normalized spacial score (nSPS) is 30.6. The van der Waals surface area contributed by atoms with Gasteiger partial charge in [0.15, 0.2) is 0 Å². The molecular formula is C12H22N2O2. The molecule has 0 aromatic heterocycles. The van der Waals surface area contributed by atoms with Crippen LogP contribution in [0.2, 0.25) is 0 Å². The number of hydrogen-bond acceptors (Lipinski definition) is 3. The first kappa shape index (κ1) is 11.7. The number of hydrogen-bond donors (Lipinski definition) is 0. The molecule has 0 aliphatic carbocycles. The molecule has 0 saturated carbocycles. The largest absolute Gasteiger partial charge is 0.444 e. The highest BCUT2D eigenvalue weighted by Gasteiger charge is 2.43. The van der Waals surface area contributed by atoms with Gasteiger partial charge in [-0.25, -0.2) is 4.79 Å². The Morgan fingerprint density at radius 1 is 1.19 bits per heavy atom. The van der Waals surface area contributed by atoms with Gasteiger partial charge in [-0.1, -0.05) is 0 Å². The summed E-state index contributed by atoms with van der Waals surface area (Å²) in [5.41, 5.74) is -0.389. The van der Waals surface area contributed by atoms with Crippen molar-refractivity contribution in [3.05, 3.63) is 0 Å². The van der Waals surface area contributed by atoms with Crippen molar-refractivity contribution in [2.75, 3.05) is 20.1 Å². The molecule has 16 heavy (non-hydrogen) atoms. The zero-order chi connectivity index (χ0) is 11.9. The number of ether oxygens (including phenoxy) is 1. The molecule has 2 heterocycles. The molecule has 4 heteroatoms. The van der Waals surface area contributed by atoms with E-state index in [-0.39, 0.29) is 11.7 Å². The minimum atomic E-state index is -0.389. The van der Waals surface area contributed by atoms with Crippen LogP contribution in [0.3, 0.4) is 0 Å². The number of amides is 1. The lowest BCUT2D eigenvalue weighted by atomic mass is 10.2. The fourth-order valence-electron chi connectivity index (χ4n) is 2.73. The number of rotatable bonds is 0. The molecule has 1 unspecified atom stereocenters. The van der Waals surface area contributed by atoms with Crippen LogP contribution >= 0.6 is 0 Å². The van der Waals surface area contributed by atoms with Crippen molar-refractivity contribution < 1.29 is 9.53 Å². The van der Waals surface area contributed by atoms with Gasteiger partial charge in [-0.15, -0.1) is 0 Å². The van der Waals surface area contributed by atoms with Crippen LogP contribution in [-0.4, -0.2) is 53.7 Å². The molecule has 0 spiro atoms. The summed E-state index contributed by atoms with van der Waals surface area (Å²) < 4.78 is 5.46. The van der Waals surface area contributed by atoms with Crippen molar-refractivity contribution in [1.29, 1.82) is 0 Å². The second kappa shape index (κ2) is 3.91. The maximum Gasteiger partial charge on any atom is 0.410 e. The van der Waals surface area contributed by atoms with Gasteiger partial charge >= 0.3 is 6.09 Å². The molecule has 92 valence electrons. The molecule has 0 radical (unpaired) electrons. The molecule has 0 N–H and O–H groups in total. The van der Waals surface area contributed by atoms with Crippen molar-refractivity contribution in [1.82, 2.24) is 9.80 Å². The van der Waals surface area contributed by atoms with E-state index < -0.39 is 0 Å². The Hall–Kier alpha value is -0.770. The van der Waals surface area contributed by atoms with Crippen LogP contribution in [0.5, 0.6) is 0 Å². The van der Waals surface area contributed by atoms with Gasteiger partial charge in [0, 0.05) is 25.2 Å². The van der Waals surface area contributed by atoms with E-state index in [0.29, 0.717) is 12.1 Å². The van der Waals surface area contributed by atoms with Crippen molar-refractivity contribution in [2.45, 2.75) is 51.3 Å². The van der Waals surface area contributed by atoms with Gasteiger partial charge < -0.3 is 9.64 Å². The molecule has 2 aliphatic heterocycles. The minimum Gasteiger partial charge on any atom is -0.444 e. The van der Waals surface area contributed by atoms with Gasteiger partial charge in [0.2, 0.25) is 0 Å². The van der Waals surface area contributed by atoms with Crippen molar-refractivity contribution >= 4 is 6.09 Å². The number of fused-ring (bicyclic) bond motifs is 2. The maximum atomic E-state index is 12.1. The van der Waals surface area contributed by atoms with Crippen LogP contribution in [0.25, 0.3) is 0 Å². The molecule has 2 rings (SSSR count). The van der Waals surface area contributed by atoms with E-state index in [4.69, 9.17) is 4.74 Å². The molecule has 4 nitrogen and oxygen atoms in total. The zero-order valence-corrected chi connectivity index (χ0v) is 10.7. The van der Waals surface area contributed by atoms with E-state index in [2.05, 4.69) is 11.9 Å². The molecule has 2 bridgehead atoms. The topological polar surface area (TPSA) is 32.8 Å². The summed E-state index contributed by atoms with van der Waals surface area (Å²) in [5.74, 6) is 0. The molecule has 2 saturated heterocycles. The molecule has 0 aromatic carbocycles. The second-order valence-corrected chi connectivity index (χ2v) is 5.99. The average Bonchev–Trinajstić information content (AvgIpc) is 2.36. The standard InChI is InChI=1S/C12H22N2O2/c1-12(2,3)16-11(15)14-9-5-6-10(14)8-13(4)7-9/h9-10H,5-8H2,1-4H3/t9-,10?/m0/s1. The molecular weight excluding hydrogens is 204 g/mol. The van der Waals surface area contributed by atoms with E-state index in [9.17, 15) is 4.79 Å². The molecule has 2 aliphatic rings. The second-order valence-electron chi connectivity index (χ2n) is 5.99. The van der Waals surface area contributed by atoms with Gasteiger partial charge in [-0.2, -0.15) is 0 Å². The Labute approximate surface area is 97.5 Å². The van der Waals surface area contributed by atoms with Crippen LogP contribution in [0, 0.1) is 0 Å². The van der Waals surface area contributed by atoms with E-state index in [1.807, 2.05) is 25.7 Å². The van der Waals surface area contributed by atoms with Crippen LogP contribution < -0.4 is 0 Å². The smallest absolute Gasteiger partial charge is 0.410 e. The van der Waals surface area contributed by atoms with E-state index >= 15 is 0 Å². The highest BCUT2D eigenvalue weighted by Crippen LogP contribution is 2.30. The van der Waals surface area contributed by atoms with Crippen LogP contribution in [0.1, 0.15) is 33.6 Å². The summed E-state index contributed by atoms with van der Waals surface area (Å²) in [6.45, 7) is 7.72. The highest BCUT2D eigenvalue weighted by atomic mass is 16.6. The van der Waals surface area contributed by atoms with Crippen LogP contribution in [0.15, 0.2) is 0 Å². The lowest BCUT2D eigenvalue weighted by molar-refractivity contribution is -0.00115. The predicted octanol–water partition coefficient (Wildman–Crippen LogP) is 1.70. The summed E-state index contributed by atoms with van der Waals surface area (Å²) >= 11 is 0. The van der Waals surface area contributed by atoms with E-state index in [0.717, 1.165) is 25.9 Å². The fourth-order valence-corrected chi connectivity index (χ4v) is 2.73. The third-order valence-corrected chi connectivity index (χ3v) is 3.27. The van der Waals surface area contributed by atoms with Crippen molar-refractivity contribution in [3.63, 3.8) is 0 Å². The number of likely N-dealkylation sites (tertiary alicyclic amines) is 1. The Kier molecular flexibility index (Phi) is 2.86. The lowest BCUT2D eigenvalue weighted by Gasteiger charge is -2.39. The number of nitrogens with zero attached hydrogens (tertiary/aromatic N) is 2. The number of carbonyl (C=O) groups is 1. The Bertz CT molecular complexity index is 271. The number of piperazine rings is 1. The summed E-state index contributed by atoms with van der Waals surface area (Å²) in [5, 5.41) is 0. The monoisotopic (exact) mass is 226 g/mol. The van der Waals surface area contributed by atoms with E-state index in [1.165, 1.54) is 0 Å². The van der Waals surface area contributed by atoms with E-state index in [1.54, 1.807) is 0 Å². The van der Waals surface area contributed by atoms with Gasteiger partial charge in [0.05, 0.1) is 0 Å². The lowest BCUT2D eigenvalue weighted by Crippen LogP contribution is -2.55. The first-order valence-electron chi connectivity index (χ1n) is 6.07. The Morgan fingerprint density at radius 2 is 1.69 bits per heavy atom. The quantitative estimate of drug-likeness (QED) is 0.630. The average molecular weight is 226 g/mol. The minimum absolute atomic E-state index is 0.131. The van der Waals surface area contributed by atoms with Crippen LogP contribution in [0.4, 0.5) is 4.79 Å². The maximum absolute atomic E-state index is 12.1. The molecule has 2 atom stereocenters. The van der Waals surface area contributed by atoms with Crippen molar-refractivity contribution in [2.24, 2.45) is 0 Å². The third kappa shape index (κ3) is 2.32. The van der Waals surface area contributed by atoms with Gasteiger partial charge in [-0.05, 0) is 40.7 Å². The first-order valence-corrected chi connectivity index (χ1v) is 6.07. The fraction of sp³-hybridized carbons (Fsp3) is 0.917. The van der Waals surface area contributed by atoms with Gasteiger partial charge in [0.25, 0.3) is 0 Å². The van der Waals surface area contributed by atoms with Crippen molar-refractivity contribution in [3.8, 4) is 0 Å². The Morgan fingerprint density at radius 3 is 2.12 bits per heavy atom. The SMILES string of the molecule is CN1CC2CC[C@@H](C1)N2C(=O)OC(C)(C)C.